The maximum atomic E-state index is 12.0. The lowest BCUT2D eigenvalue weighted by Gasteiger charge is -2.11. The molecule has 5 aromatic rings. The van der Waals surface area contributed by atoms with Gasteiger partial charge in [0.15, 0.2) is 0 Å². The Balaban J connectivity index is 1.99. The summed E-state index contributed by atoms with van der Waals surface area (Å²) in [5.74, 6) is -0.403. The van der Waals surface area contributed by atoms with Crippen molar-refractivity contribution in [3.8, 4) is 11.1 Å². The molecule has 1 aromatic heterocycles. The fourth-order valence-electron chi connectivity index (χ4n) is 3.70. The van der Waals surface area contributed by atoms with Crippen molar-refractivity contribution in [2.45, 2.75) is 0 Å². The number of fused-ring (bicyclic) bond motifs is 5. The van der Waals surface area contributed by atoms with Crippen molar-refractivity contribution in [2.75, 3.05) is 0 Å². The highest BCUT2D eigenvalue weighted by Gasteiger charge is 2.16. The highest BCUT2D eigenvalue weighted by Crippen LogP contribution is 2.42. The van der Waals surface area contributed by atoms with Gasteiger partial charge in [-0.3, -0.25) is 4.79 Å². The Bertz CT molecular complexity index is 1320. The van der Waals surface area contributed by atoms with Crippen LogP contribution in [-0.2, 0) is 0 Å². The third-order valence-corrected chi connectivity index (χ3v) is 6.09. The molecule has 0 saturated heterocycles. The van der Waals surface area contributed by atoms with Gasteiger partial charge in [0.2, 0.25) is 5.91 Å². The van der Waals surface area contributed by atoms with Gasteiger partial charge in [0.25, 0.3) is 0 Å². The molecule has 1 heterocycles. The number of thiophene rings is 1. The van der Waals surface area contributed by atoms with Gasteiger partial charge in [0, 0.05) is 31.1 Å². The molecule has 0 bridgehead atoms. The van der Waals surface area contributed by atoms with Crippen LogP contribution in [0.5, 0.6) is 0 Å². The van der Waals surface area contributed by atoms with Crippen LogP contribution < -0.4 is 5.73 Å². The molecule has 4 aromatic carbocycles. The van der Waals surface area contributed by atoms with Gasteiger partial charge in [-0.2, -0.15) is 0 Å². The average Bonchev–Trinajstić information content (AvgIpc) is 3.06. The van der Waals surface area contributed by atoms with Crippen molar-refractivity contribution in [3.63, 3.8) is 0 Å². The fraction of sp³-hybridized carbons (Fsp3) is 0. The molecular formula is C23H15NOS. The summed E-state index contributed by atoms with van der Waals surface area (Å²) in [5, 5.41) is 4.82. The van der Waals surface area contributed by atoms with E-state index in [9.17, 15) is 4.79 Å². The second-order valence-corrected chi connectivity index (χ2v) is 7.41. The molecule has 0 radical (unpaired) electrons. The molecule has 1 amide bonds. The van der Waals surface area contributed by atoms with Crippen LogP contribution in [0.2, 0.25) is 0 Å². The molecule has 2 nitrogen and oxygen atoms in total. The molecule has 0 atom stereocenters. The van der Waals surface area contributed by atoms with E-state index in [4.69, 9.17) is 5.73 Å². The van der Waals surface area contributed by atoms with Gasteiger partial charge in [-0.15, -0.1) is 11.3 Å². The number of primary amides is 1. The van der Waals surface area contributed by atoms with Crippen molar-refractivity contribution >= 4 is 48.2 Å². The average molecular weight is 353 g/mol. The van der Waals surface area contributed by atoms with Crippen molar-refractivity contribution in [1.29, 1.82) is 0 Å². The van der Waals surface area contributed by atoms with Crippen LogP contribution >= 0.6 is 11.3 Å². The largest absolute Gasteiger partial charge is 0.366 e. The Morgan fingerprint density at radius 1 is 0.692 bits per heavy atom. The summed E-state index contributed by atoms with van der Waals surface area (Å²) < 4.78 is 2.55. The number of benzene rings is 4. The molecule has 0 spiro atoms. The SMILES string of the molecule is NC(=O)c1ccccc1-c1cc2c3ccccc3sc2c2ccccc12. The fourth-order valence-corrected chi connectivity index (χ4v) is 4.92. The third-order valence-electron chi connectivity index (χ3n) is 4.87. The van der Waals surface area contributed by atoms with Crippen molar-refractivity contribution in [1.82, 2.24) is 0 Å². The van der Waals surface area contributed by atoms with Crippen LogP contribution in [0, 0.1) is 0 Å². The first-order chi connectivity index (χ1) is 12.7. The second kappa shape index (κ2) is 5.68. The summed E-state index contributed by atoms with van der Waals surface area (Å²) in [6.07, 6.45) is 0. The second-order valence-electron chi connectivity index (χ2n) is 6.35. The standard InChI is InChI=1S/C23H15NOS/c24-23(25)18-11-4-2-8-15(18)19-13-20-16-9-5-6-12-21(16)26-22(20)17-10-3-1-7-14(17)19/h1-13H,(H2,24,25). The van der Waals surface area contributed by atoms with Crippen molar-refractivity contribution in [3.05, 3.63) is 84.4 Å². The topological polar surface area (TPSA) is 43.1 Å². The number of carbonyl (C=O) groups is 1. The summed E-state index contributed by atoms with van der Waals surface area (Å²) in [5.41, 5.74) is 8.12. The number of amides is 1. The Kier molecular flexibility index (Phi) is 3.30. The lowest BCUT2D eigenvalue weighted by Crippen LogP contribution is -2.12. The zero-order valence-electron chi connectivity index (χ0n) is 13.9. The Hall–Kier alpha value is -3.17. The predicted octanol–water partition coefficient (Wildman–Crippen LogP) is 5.97. The van der Waals surface area contributed by atoms with E-state index in [-0.39, 0.29) is 0 Å². The molecule has 0 aliphatic carbocycles. The van der Waals surface area contributed by atoms with E-state index in [1.165, 1.54) is 25.6 Å². The van der Waals surface area contributed by atoms with E-state index in [2.05, 4.69) is 48.5 Å². The minimum Gasteiger partial charge on any atom is -0.366 e. The molecular weight excluding hydrogens is 338 g/mol. The van der Waals surface area contributed by atoms with E-state index < -0.39 is 5.91 Å². The van der Waals surface area contributed by atoms with Crippen molar-refractivity contribution in [2.24, 2.45) is 5.73 Å². The first kappa shape index (κ1) is 15.1. The van der Waals surface area contributed by atoms with E-state index in [0.717, 1.165) is 16.5 Å². The molecule has 26 heavy (non-hydrogen) atoms. The van der Waals surface area contributed by atoms with E-state index >= 15 is 0 Å². The van der Waals surface area contributed by atoms with E-state index in [0.29, 0.717) is 5.56 Å². The van der Waals surface area contributed by atoms with Crippen LogP contribution in [0.25, 0.3) is 42.1 Å². The number of hydrogen-bond acceptors (Lipinski definition) is 2. The summed E-state index contributed by atoms with van der Waals surface area (Å²) >= 11 is 1.81. The summed E-state index contributed by atoms with van der Waals surface area (Å²) in [7, 11) is 0. The minimum absolute atomic E-state index is 0.403. The lowest BCUT2D eigenvalue weighted by molar-refractivity contribution is 0.100. The number of rotatable bonds is 2. The third kappa shape index (κ3) is 2.14. The van der Waals surface area contributed by atoms with Crippen LogP contribution in [0.1, 0.15) is 10.4 Å². The van der Waals surface area contributed by atoms with Crippen LogP contribution in [0.4, 0.5) is 0 Å². The number of nitrogens with two attached hydrogens (primary N) is 1. The predicted molar refractivity (Wildman–Crippen MR) is 111 cm³/mol. The first-order valence-corrected chi connectivity index (χ1v) is 9.28. The lowest BCUT2D eigenvalue weighted by atomic mass is 9.92. The van der Waals surface area contributed by atoms with E-state index in [1.807, 2.05) is 35.6 Å². The normalized spacial score (nSPS) is 11.4. The van der Waals surface area contributed by atoms with Crippen molar-refractivity contribution < 1.29 is 4.79 Å². The zero-order valence-corrected chi connectivity index (χ0v) is 14.7. The molecule has 0 saturated carbocycles. The molecule has 124 valence electrons. The van der Waals surface area contributed by atoms with E-state index in [1.54, 1.807) is 6.07 Å². The highest BCUT2D eigenvalue weighted by atomic mass is 32.1. The van der Waals surface area contributed by atoms with Gasteiger partial charge >= 0.3 is 0 Å². The molecule has 5 rings (SSSR count). The van der Waals surface area contributed by atoms with Crippen LogP contribution in [0.15, 0.2) is 78.9 Å². The molecule has 0 aliphatic heterocycles. The van der Waals surface area contributed by atoms with Gasteiger partial charge in [-0.1, -0.05) is 60.7 Å². The summed E-state index contributed by atoms with van der Waals surface area (Å²) in [4.78, 5) is 12.0. The van der Waals surface area contributed by atoms with Gasteiger partial charge in [-0.05, 0) is 34.7 Å². The Labute approximate surface area is 154 Å². The molecule has 0 unspecified atom stereocenters. The van der Waals surface area contributed by atoms with Gasteiger partial charge in [0.1, 0.15) is 0 Å². The summed E-state index contributed by atoms with van der Waals surface area (Å²) in [6.45, 7) is 0. The number of hydrogen-bond donors (Lipinski definition) is 1. The van der Waals surface area contributed by atoms with Gasteiger partial charge < -0.3 is 5.73 Å². The number of carbonyl (C=O) groups excluding carboxylic acids is 1. The molecule has 3 heteroatoms. The smallest absolute Gasteiger partial charge is 0.249 e. The monoisotopic (exact) mass is 353 g/mol. The molecule has 0 aliphatic rings. The Morgan fingerprint density at radius 3 is 2.15 bits per heavy atom. The molecule has 0 fully saturated rings. The maximum absolute atomic E-state index is 12.0. The zero-order chi connectivity index (χ0) is 17.7. The maximum Gasteiger partial charge on any atom is 0.249 e. The van der Waals surface area contributed by atoms with Gasteiger partial charge in [0.05, 0.1) is 0 Å². The van der Waals surface area contributed by atoms with Gasteiger partial charge in [-0.25, -0.2) is 0 Å². The van der Waals surface area contributed by atoms with Crippen LogP contribution in [-0.4, -0.2) is 5.91 Å². The van der Waals surface area contributed by atoms with Crippen LogP contribution in [0.3, 0.4) is 0 Å². The highest BCUT2D eigenvalue weighted by molar-refractivity contribution is 7.26. The quantitative estimate of drug-likeness (QED) is 0.417. The minimum atomic E-state index is -0.403. The first-order valence-electron chi connectivity index (χ1n) is 8.46. The Morgan fingerprint density at radius 2 is 1.35 bits per heavy atom. The molecule has 2 N–H and O–H groups in total. The summed E-state index contributed by atoms with van der Waals surface area (Å²) in [6, 6.07) is 26.6.